The summed E-state index contributed by atoms with van der Waals surface area (Å²) in [5.74, 6) is -1.99. The van der Waals surface area contributed by atoms with Crippen LogP contribution in [-0.4, -0.2) is 47.7 Å². The largest absolute Gasteiger partial charge is 0.458 e. The molecule has 0 aliphatic carbocycles. The van der Waals surface area contributed by atoms with Gasteiger partial charge in [0.15, 0.2) is 0 Å². The lowest BCUT2D eigenvalue weighted by molar-refractivity contribution is -0.139. The second kappa shape index (κ2) is 12.8. The van der Waals surface area contributed by atoms with Crippen LogP contribution in [0.2, 0.25) is 0 Å². The molecule has 2 aromatic rings. The van der Waals surface area contributed by atoms with E-state index in [1.165, 1.54) is 43.3 Å². The van der Waals surface area contributed by atoms with Gasteiger partial charge in [0.1, 0.15) is 24.8 Å². The molecule has 0 radical (unpaired) electrons. The molecule has 1 atom stereocenters. The minimum absolute atomic E-state index is 0.100. The van der Waals surface area contributed by atoms with Crippen molar-refractivity contribution in [3.05, 3.63) is 89.1 Å². The van der Waals surface area contributed by atoms with Gasteiger partial charge in [-0.25, -0.2) is 19.3 Å². The lowest BCUT2D eigenvalue weighted by Crippen LogP contribution is -2.55. The molecule has 1 N–H and O–H groups in total. The second-order valence-corrected chi connectivity index (χ2v) is 10.3. The molecule has 0 spiro atoms. The Morgan fingerprint density at radius 1 is 1.12 bits per heavy atom. The van der Waals surface area contributed by atoms with Crippen LogP contribution < -0.4 is 10.2 Å². The average molecular weight is 599 g/mol. The van der Waals surface area contributed by atoms with Gasteiger partial charge in [0, 0.05) is 5.70 Å². The number of benzene rings is 2. The number of carbonyl (C=O) groups excluding carboxylic acids is 4. The van der Waals surface area contributed by atoms with E-state index >= 15 is 0 Å². The molecule has 1 heterocycles. The van der Waals surface area contributed by atoms with Crippen LogP contribution in [0, 0.1) is 11.3 Å². The van der Waals surface area contributed by atoms with Gasteiger partial charge in [0.2, 0.25) is 0 Å². The summed E-state index contributed by atoms with van der Waals surface area (Å²) in [7, 11) is 0. The summed E-state index contributed by atoms with van der Waals surface area (Å²) in [5.41, 5.74) is -2.13. The Morgan fingerprint density at radius 2 is 1.77 bits per heavy atom. The molecule has 4 amide bonds. The van der Waals surface area contributed by atoms with Crippen molar-refractivity contribution in [2.75, 3.05) is 18.1 Å². The lowest BCUT2D eigenvalue weighted by Gasteiger charge is -2.41. The molecule has 3 rings (SSSR count). The summed E-state index contributed by atoms with van der Waals surface area (Å²) < 4.78 is 51.1. The van der Waals surface area contributed by atoms with Crippen molar-refractivity contribution in [2.24, 2.45) is 0 Å². The van der Waals surface area contributed by atoms with Crippen molar-refractivity contribution in [1.29, 1.82) is 5.26 Å². The fraction of sp³-hybridized carbons (Fsp3) is 0.300. The number of allylic oxidation sites excluding steroid dienone is 1. The molecule has 2 aromatic carbocycles. The number of hydrogen-bond donors (Lipinski definition) is 1. The van der Waals surface area contributed by atoms with Crippen LogP contribution in [0.5, 0.6) is 0 Å². The van der Waals surface area contributed by atoms with Crippen LogP contribution in [0.25, 0.3) is 0 Å². The maximum absolute atomic E-state index is 14.1. The highest BCUT2D eigenvalue weighted by atomic mass is 19.4. The number of halogens is 3. The van der Waals surface area contributed by atoms with Crippen molar-refractivity contribution in [3.63, 3.8) is 0 Å². The number of alkyl halides is 3. The maximum atomic E-state index is 14.1. The summed E-state index contributed by atoms with van der Waals surface area (Å²) >= 11 is 0. The number of nitrogens with zero attached hydrogens (tertiary/aromatic N) is 3. The number of alkyl carbamates (subject to hydrolysis) is 1. The van der Waals surface area contributed by atoms with Gasteiger partial charge >= 0.3 is 24.3 Å². The zero-order chi connectivity index (χ0) is 32.1. The van der Waals surface area contributed by atoms with E-state index in [1.807, 2.05) is 6.07 Å². The summed E-state index contributed by atoms with van der Waals surface area (Å²) in [6.45, 7) is 8.62. The third kappa shape index (κ3) is 7.59. The summed E-state index contributed by atoms with van der Waals surface area (Å²) in [6.07, 6.45) is -4.43. The number of ether oxygens (including phenoxy) is 2. The number of nitrogens with one attached hydrogen (secondary N) is 1. The standard InChI is InChI=1S/C30H29F3N4O6/c1-6-14-42-26(39)24-18(2)36(22-9-7-8-21(15-22)30(31,32)33)28(41)37(23(38)17-35-27(40)43-29(3,4)5)25(24)20-12-10-19(16-34)11-13-20/h6-13,15,25H,1,14,17H2,2-5H3,(H,35,40). The first kappa shape index (κ1) is 32.4. The van der Waals surface area contributed by atoms with Gasteiger partial charge in [-0.2, -0.15) is 18.4 Å². The zero-order valence-electron chi connectivity index (χ0n) is 23.8. The van der Waals surface area contributed by atoms with E-state index in [0.29, 0.717) is 11.0 Å². The quantitative estimate of drug-likeness (QED) is 0.324. The van der Waals surface area contributed by atoms with Gasteiger partial charge in [-0.05, 0) is 63.6 Å². The Kier molecular flexibility index (Phi) is 9.65. The number of urea groups is 1. The van der Waals surface area contributed by atoms with E-state index < -0.39 is 53.9 Å². The highest BCUT2D eigenvalue weighted by Gasteiger charge is 2.46. The van der Waals surface area contributed by atoms with Gasteiger partial charge in [0.25, 0.3) is 5.91 Å². The van der Waals surface area contributed by atoms with Crippen molar-refractivity contribution >= 4 is 29.7 Å². The van der Waals surface area contributed by atoms with Crippen LogP contribution in [-0.2, 0) is 25.2 Å². The van der Waals surface area contributed by atoms with E-state index in [1.54, 1.807) is 20.8 Å². The van der Waals surface area contributed by atoms with Crippen LogP contribution in [0.1, 0.15) is 50.4 Å². The Morgan fingerprint density at radius 3 is 2.33 bits per heavy atom. The van der Waals surface area contributed by atoms with Gasteiger partial charge in [-0.1, -0.05) is 30.9 Å². The van der Waals surface area contributed by atoms with E-state index in [0.717, 1.165) is 17.0 Å². The molecule has 0 fully saturated rings. The molecule has 226 valence electrons. The first-order valence-electron chi connectivity index (χ1n) is 12.9. The number of anilines is 1. The van der Waals surface area contributed by atoms with Crippen LogP contribution in [0.3, 0.4) is 0 Å². The Hall–Kier alpha value is -5.12. The Balaban J connectivity index is 2.23. The van der Waals surface area contributed by atoms with Crippen molar-refractivity contribution in [2.45, 2.75) is 45.5 Å². The smallest absolute Gasteiger partial charge is 0.416 e. The first-order chi connectivity index (χ1) is 20.1. The maximum Gasteiger partial charge on any atom is 0.416 e. The van der Waals surface area contributed by atoms with Gasteiger partial charge < -0.3 is 14.8 Å². The molecule has 13 heteroatoms. The molecular weight excluding hydrogens is 569 g/mol. The number of esters is 1. The average Bonchev–Trinajstić information content (AvgIpc) is 2.93. The van der Waals surface area contributed by atoms with Crippen LogP contribution in [0.4, 0.5) is 28.4 Å². The fourth-order valence-corrected chi connectivity index (χ4v) is 4.26. The number of rotatable bonds is 7. The second-order valence-electron chi connectivity index (χ2n) is 10.3. The normalized spacial score (nSPS) is 15.5. The summed E-state index contributed by atoms with van der Waals surface area (Å²) in [5, 5.41) is 11.5. The van der Waals surface area contributed by atoms with Gasteiger partial charge in [0.05, 0.1) is 28.5 Å². The number of imide groups is 1. The highest BCUT2D eigenvalue weighted by molar-refractivity contribution is 6.10. The monoisotopic (exact) mass is 598 g/mol. The molecule has 10 nitrogen and oxygen atoms in total. The number of carbonyl (C=O) groups is 4. The van der Waals surface area contributed by atoms with E-state index in [4.69, 9.17) is 9.47 Å². The third-order valence-corrected chi connectivity index (χ3v) is 6.05. The SMILES string of the molecule is C=CCOC(=O)C1=C(C)N(c2cccc(C(F)(F)F)c2)C(=O)N(C(=O)CNC(=O)OC(C)(C)C)C1c1ccc(C#N)cc1. The molecule has 0 saturated carbocycles. The van der Waals surface area contributed by atoms with Crippen LogP contribution in [0.15, 0.2) is 72.5 Å². The van der Waals surface area contributed by atoms with Gasteiger partial charge in [-0.15, -0.1) is 0 Å². The van der Waals surface area contributed by atoms with Gasteiger partial charge in [-0.3, -0.25) is 9.69 Å². The topological polar surface area (TPSA) is 129 Å². The molecule has 43 heavy (non-hydrogen) atoms. The summed E-state index contributed by atoms with van der Waals surface area (Å²) in [6, 6.07) is 8.88. The van der Waals surface area contributed by atoms with Crippen molar-refractivity contribution in [3.8, 4) is 6.07 Å². The Labute approximate surface area is 246 Å². The molecule has 0 aromatic heterocycles. The number of hydrogen-bond acceptors (Lipinski definition) is 7. The molecule has 1 unspecified atom stereocenters. The summed E-state index contributed by atoms with van der Waals surface area (Å²) in [4.78, 5) is 54.9. The lowest BCUT2D eigenvalue weighted by atomic mass is 9.92. The van der Waals surface area contributed by atoms with E-state index in [2.05, 4.69) is 11.9 Å². The number of amides is 4. The predicted octanol–water partition coefficient (Wildman–Crippen LogP) is 5.61. The minimum atomic E-state index is -4.75. The first-order valence-corrected chi connectivity index (χ1v) is 12.9. The third-order valence-electron chi connectivity index (χ3n) is 6.05. The van der Waals surface area contributed by atoms with Crippen LogP contribution >= 0.6 is 0 Å². The molecule has 1 aliphatic heterocycles. The zero-order valence-corrected chi connectivity index (χ0v) is 23.8. The van der Waals surface area contributed by atoms with E-state index in [-0.39, 0.29) is 34.7 Å². The van der Waals surface area contributed by atoms with Crippen molar-refractivity contribution in [1.82, 2.24) is 10.2 Å². The fourth-order valence-electron chi connectivity index (χ4n) is 4.26. The minimum Gasteiger partial charge on any atom is -0.458 e. The molecular formula is C30H29F3N4O6. The van der Waals surface area contributed by atoms with Crippen molar-refractivity contribution < 1.29 is 41.8 Å². The Bertz CT molecular complexity index is 1500. The predicted molar refractivity (Wildman–Crippen MR) is 148 cm³/mol. The molecule has 0 bridgehead atoms. The molecule has 1 aliphatic rings. The van der Waals surface area contributed by atoms with E-state index in [9.17, 15) is 37.6 Å². The highest BCUT2D eigenvalue weighted by Crippen LogP contribution is 2.41. The molecule has 0 saturated heterocycles. The number of nitriles is 1.